The normalized spacial score (nSPS) is 18.9. The first-order valence-electron chi connectivity index (χ1n) is 11.0. The molecule has 33 heavy (non-hydrogen) atoms. The first-order chi connectivity index (χ1) is 15.9. The highest BCUT2D eigenvalue weighted by atomic mass is 19.3. The number of benzene rings is 2. The average molecular weight is 459 g/mol. The average Bonchev–Trinajstić information content (AvgIpc) is 3.31. The van der Waals surface area contributed by atoms with Gasteiger partial charge in [0.1, 0.15) is 17.7 Å². The molecular weight excluding hydrogens is 430 g/mol. The third-order valence-corrected chi connectivity index (χ3v) is 6.20. The van der Waals surface area contributed by atoms with Gasteiger partial charge < -0.3 is 19.4 Å². The highest BCUT2D eigenvalue weighted by molar-refractivity contribution is 5.65. The first-order valence-corrected chi connectivity index (χ1v) is 11.0. The smallest absolute Gasteiger partial charge is 0.387 e. The molecule has 2 N–H and O–H groups in total. The summed E-state index contributed by atoms with van der Waals surface area (Å²) in [5.74, 6) is 0.436. The Labute approximate surface area is 191 Å². The van der Waals surface area contributed by atoms with E-state index in [9.17, 15) is 19.0 Å². The molecule has 3 aromatic rings. The van der Waals surface area contributed by atoms with Crippen LogP contribution in [0, 0.1) is 5.92 Å². The van der Waals surface area contributed by atoms with Crippen molar-refractivity contribution >= 4 is 0 Å². The number of rotatable bonds is 8. The summed E-state index contributed by atoms with van der Waals surface area (Å²) in [5, 5.41) is 19.9. The maximum Gasteiger partial charge on any atom is 0.387 e. The molecule has 0 bridgehead atoms. The van der Waals surface area contributed by atoms with Crippen LogP contribution < -0.4 is 4.74 Å². The van der Waals surface area contributed by atoms with Gasteiger partial charge >= 0.3 is 6.61 Å². The third-order valence-electron chi connectivity index (χ3n) is 6.20. The largest absolute Gasteiger partial charge is 0.444 e. The predicted octanol–water partition coefficient (Wildman–Crippen LogP) is 4.57. The third kappa shape index (κ3) is 5.58. The maximum absolute atomic E-state index is 13.2. The molecule has 6 nitrogen and oxygen atoms in total. The van der Waals surface area contributed by atoms with E-state index < -0.39 is 12.2 Å². The number of hydrogen-bond acceptors (Lipinski definition) is 6. The number of ether oxygens (including phenoxy) is 1. The Morgan fingerprint density at radius 1 is 1.21 bits per heavy atom. The summed E-state index contributed by atoms with van der Waals surface area (Å²) in [6.45, 7) is 0.0884. The minimum absolute atomic E-state index is 0.0859. The minimum Gasteiger partial charge on any atom is -0.444 e. The van der Waals surface area contributed by atoms with Gasteiger partial charge in [0.2, 0.25) is 5.89 Å². The zero-order chi connectivity index (χ0) is 23.4. The summed E-state index contributed by atoms with van der Waals surface area (Å²) in [4.78, 5) is 6.58. The number of aliphatic hydroxyl groups excluding tert-OH is 1. The number of aliphatic hydroxyl groups is 2. The van der Waals surface area contributed by atoms with Crippen molar-refractivity contribution < 1.29 is 28.1 Å². The summed E-state index contributed by atoms with van der Waals surface area (Å²) in [6, 6.07) is 14.5. The van der Waals surface area contributed by atoms with Crippen LogP contribution in [0.5, 0.6) is 5.75 Å². The zero-order valence-corrected chi connectivity index (χ0v) is 18.5. The topological polar surface area (TPSA) is 79.0 Å². The highest BCUT2D eigenvalue weighted by Gasteiger charge is 2.34. The molecule has 0 aliphatic carbocycles. The lowest BCUT2D eigenvalue weighted by Gasteiger charge is -2.39. The number of likely N-dealkylation sites (tertiary alicyclic amines) is 1. The molecule has 1 saturated heterocycles. The van der Waals surface area contributed by atoms with Crippen LogP contribution in [0.25, 0.3) is 22.7 Å². The number of nitrogens with zero attached hydrogens (tertiary/aromatic N) is 2. The fraction of sp³-hybridized carbons (Fsp3) is 0.400. The van der Waals surface area contributed by atoms with Crippen molar-refractivity contribution in [1.82, 2.24) is 9.88 Å². The summed E-state index contributed by atoms with van der Waals surface area (Å²) in [6.07, 6.45) is 3.15. The fourth-order valence-electron chi connectivity index (χ4n) is 4.25. The number of halogens is 2. The molecule has 2 atom stereocenters. The lowest BCUT2D eigenvalue weighted by Crippen LogP contribution is -2.47. The molecule has 1 fully saturated rings. The second-order valence-corrected chi connectivity index (χ2v) is 8.69. The number of piperidine rings is 1. The van der Waals surface area contributed by atoms with Gasteiger partial charge in [-0.15, -0.1) is 0 Å². The van der Waals surface area contributed by atoms with Gasteiger partial charge in [-0.25, -0.2) is 4.98 Å². The molecule has 0 radical (unpaired) electrons. The van der Waals surface area contributed by atoms with Crippen molar-refractivity contribution in [3.05, 3.63) is 60.4 Å². The minimum atomic E-state index is -2.96. The van der Waals surface area contributed by atoms with Crippen LogP contribution in [0.4, 0.5) is 8.78 Å². The van der Waals surface area contributed by atoms with Gasteiger partial charge in [-0.2, -0.15) is 8.78 Å². The Hall–Kier alpha value is -2.81. The summed E-state index contributed by atoms with van der Waals surface area (Å²) in [7, 11) is 0. The van der Waals surface area contributed by atoms with Crippen LogP contribution in [-0.2, 0) is 6.54 Å². The first kappa shape index (κ1) is 23.4. The molecule has 0 amide bonds. The van der Waals surface area contributed by atoms with Crippen LogP contribution in [0.2, 0.25) is 0 Å². The van der Waals surface area contributed by atoms with E-state index in [2.05, 4.69) is 9.88 Å². The Bertz CT molecular complexity index is 1060. The molecule has 4 rings (SSSR count). The van der Waals surface area contributed by atoms with Gasteiger partial charge in [-0.05, 0) is 44.5 Å². The number of oxazole rings is 1. The van der Waals surface area contributed by atoms with Crippen molar-refractivity contribution in [2.75, 3.05) is 19.7 Å². The maximum atomic E-state index is 13.2. The van der Waals surface area contributed by atoms with Gasteiger partial charge in [0.25, 0.3) is 0 Å². The van der Waals surface area contributed by atoms with Crippen LogP contribution in [-0.4, -0.2) is 52.0 Å². The lowest BCUT2D eigenvalue weighted by molar-refractivity contribution is -0.0702. The highest BCUT2D eigenvalue weighted by Crippen LogP contribution is 2.33. The molecule has 2 aromatic carbocycles. The van der Waals surface area contributed by atoms with E-state index in [1.807, 2.05) is 36.4 Å². The van der Waals surface area contributed by atoms with Crippen molar-refractivity contribution in [3.8, 4) is 28.5 Å². The van der Waals surface area contributed by atoms with Crippen molar-refractivity contribution in [2.45, 2.75) is 38.5 Å². The molecule has 1 aliphatic heterocycles. The molecule has 2 heterocycles. The second-order valence-electron chi connectivity index (χ2n) is 8.69. The van der Waals surface area contributed by atoms with E-state index in [-0.39, 0.29) is 18.3 Å². The number of hydrogen-bond donors (Lipinski definition) is 2. The van der Waals surface area contributed by atoms with E-state index in [1.54, 1.807) is 19.1 Å². The SMILES string of the molecule is C[C@@](O)(CO)[C@H]1CCCN(Cc2ccc(-c3coc(-c4ccccc4)n3)cc2OC(F)F)C1. The van der Waals surface area contributed by atoms with Crippen LogP contribution in [0.15, 0.2) is 59.2 Å². The quantitative estimate of drug-likeness (QED) is 0.515. The van der Waals surface area contributed by atoms with Crippen LogP contribution >= 0.6 is 0 Å². The Kier molecular flexibility index (Phi) is 7.07. The molecule has 1 aliphatic rings. The van der Waals surface area contributed by atoms with E-state index in [1.165, 1.54) is 6.26 Å². The van der Waals surface area contributed by atoms with Gasteiger partial charge in [0.15, 0.2) is 0 Å². The predicted molar refractivity (Wildman–Crippen MR) is 120 cm³/mol. The van der Waals surface area contributed by atoms with Gasteiger partial charge in [0, 0.05) is 35.7 Å². The summed E-state index contributed by atoms with van der Waals surface area (Å²) >= 11 is 0. The van der Waals surface area contributed by atoms with E-state index in [0.717, 1.165) is 24.9 Å². The molecule has 1 aromatic heterocycles. The van der Waals surface area contributed by atoms with Gasteiger partial charge in [-0.3, -0.25) is 4.90 Å². The second kappa shape index (κ2) is 9.99. The van der Waals surface area contributed by atoms with E-state index in [4.69, 9.17) is 9.15 Å². The van der Waals surface area contributed by atoms with Crippen molar-refractivity contribution in [1.29, 1.82) is 0 Å². The molecule has 176 valence electrons. The van der Waals surface area contributed by atoms with Crippen molar-refractivity contribution in [2.24, 2.45) is 5.92 Å². The fourth-order valence-corrected chi connectivity index (χ4v) is 4.25. The molecule has 0 unspecified atom stereocenters. The van der Waals surface area contributed by atoms with E-state index >= 15 is 0 Å². The van der Waals surface area contributed by atoms with Crippen LogP contribution in [0.1, 0.15) is 25.3 Å². The Morgan fingerprint density at radius 3 is 2.73 bits per heavy atom. The van der Waals surface area contributed by atoms with Crippen LogP contribution in [0.3, 0.4) is 0 Å². The lowest BCUT2D eigenvalue weighted by atomic mass is 9.83. The van der Waals surface area contributed by atoms with Gasteiger partial charge in [-0.1, -0.05) is 30.3 Å². The van der Waals surface area contributed by atoms with E-state index in [0.29, 0.717) is 35.8 Å². The molecular formula is C25H28F2N2O4. The molecule has 8 heteroatoms. The number of aromatic nitrogens is 1. The molecule has 0 spiro atoms. The Balaban J connectivity index is 1.55. The standard InChI is InChI=1S/C25H28F2N2O4/c1-25(31,16-30)20-8-5-11-29(14-20)13-19-10-9-18(12-22(19)33-24(26)27)21-15-32-23(28-21)17-6-3-2-4-7-17/h2-4,6-7,9-10,12,15,20,24,30-31H,5,8,11,13-14,16H2,1H3/t20-,25+/m0/s1. The summed E-state index contributed by atoms with van der Waals surface area (Å²) in [5.41, 5.74) is 1.41. The Morgan fingerprint density at radius 2 is 2.00 bits per heavy atom. The summed E-state index contributed by atoms with van der Waals surface area (Å²) < 4.78 is 36.8. The molecule has 0 saturated carbocycles. The zero-order valence-electron chi connectivity index (χ0n) is 18.5. The van der Waals surface area contributed by atoms with Gasteiger partial charge in [0.05, 0.1) is 12.2 Å². The number of alkyl halides is 2. The monoisotopic (exact) mass is 458 g/mol. The van der Waals surface area contributed by atoms with Crippen molar-refractivity contribution in [3.63, 3.8) is 0 Å².